The van der Waals surface area contributed by atoms with Crippen LogP contribution in [-0.4, -0.2) is 35.5 Å². The highest BCUT2D eigenvalue weighted by Crippen LogP contribution is 2.23. The number of likely N-dealkylation sites (tertiary alicyclic amines) is 1. The summed E-state index contributed by atoms with van der Waals surface area (Å²) in [5, 5.41) is 2.73. The fourth-order valence-electron chi connectivity index (χ4n) is 3.56. The van der Waals surface area contributed by atoms with Gasteiger partial charge in [-0.05, 0) is 62.5 Å². The van der Waals surface area contributed by atoms with Crippen LogP contribution in [0.2, 0.25) is 0 Å². The lowest BCUT2D eigenvalue weighted by atomic mass is 9.93. The maximum absolute atomic E-state index is 11.5. The monoisotopic (exact) mass is 325 g/mol. The molecule has 4 nitrogen and oxygen atoms in total. The molecule has 1 saturated heterocycles. The summed E-state index contributed by atoms with van der Waals surface area (Å²) in [7, 11) is 1.72. The van der Waals surface area contributed by atoms with Crippen LogP contribution in [0, 0.1) is 12.8 Å². The SMILES string of the molecule is CNC(=O)CC1CCN(Cc2cccn2-c2ccccc2C)CC1. The lowest BCUT2D eigenvalue weighted by molar-refractivity contribution is -0.121. The molecule has 1 N–H and O–H groups in total. The highest BCUT2D eigenvalue weighted by molar-refractivity contribution is 5.75. The number of nitrogens with zero attached hydrogens (tertiary/aromatic N) is 2. The summed E-state index contributed by atoms with van der Waals surface area (Å²) in [6.45, 7) is 5.26. The van der Waals surface area contributed by atoms with E-state index in [0.29, 0.717) is 12.3 Å². The summed E-state index contributed by atoms with van der Waals surface area (Å²) in [6.07, 6.45) is 5.04. The molecule has 1 aromatic carbocycles. The minimum atomic E-state index is 0.168. The molecule has 0 spiro atoms. The fourth-order valence-corrected chi connectivity index (χ4v) is 3.56. The van der Waals surface area contributed by atoms with Gasteiger partial charge < -0.3 is 9.88 Å². The maximum atomic E-state index is 11.5. The zero-order chi connectivity index (χ0) is 16.9. The van der Waals surface area contributed by atoms with Crippen LogP contribution >= 0.6 is 0 Å². The number of para-hydroxylation sites is 1. The normalized spacial score (nSPS) is 16.2. The highest BCUT2D eigenvalue weighted by atomic mass is 16.1. The summed E-state index contributed by atoms with van der Waals surface area (Å²) in [4.78, 5) is 14.0. The topological polar surface area (TPSA) is 37.3 Å². The molecule has 2 aromatic rings. The minimum Gasteiger partial charge on any atom is -0.359 e. The Labute approximate surface area is 144 Å². The van der Waals surface area contributed by atoms with Crippen molar-refractivity contribution in [2.24, 2.45) is 5.92 Å². The van der Waals surface area contributed by atoms with E-state index in [1.54, 1.807) is 7.05 Å². The van der Waals surface area contributed by atoms with Gasteiger partial charge in [0.05, 0.1) is 0 Å². The number of hydrogen-bond donors (Lipinski definition) is 1. The molecule has 1 fully saturated rings. The number of piperidine rings is 1. The largest absolute Gasteiger partial charge is 0.359 e. The van der Waals surface area contributed by atoms with Gasteiger partial charge in [0, 0.05) is 37.6 Å². The summed E-state index contributed by atoms with van der Waals surface area (Å²) < 4.78 is 2.30. The van der Waals surface area contributed by atoms with E-state index in [4.69, 9.17) is 0 Å². The van der Waals surface area contributed by atoms with Gasteiger partial charge in [-0.15, -0.1) is 0 Å². The van der Waals surface area contributed by atoms with Crippen LogP contribution in [0.4, 0.5) is 0 Å². The van der Waals surface area contributed by atoms with Crippen LogP contribution in [0.3, 0.4) is 0 Å². The second-order valence-corrected chi connectivity index (χ2v) is 6.75. The zero-order valence-electron chi connectivity index (χ0n) is 14.7. The number of rotatable bonds is 5. The van der Waals surface area contributed by atoms with Crippen molar-refractivity contribution in [3.05, 3.63) is 53.9 Å². The van der Waals surface area contributed by atoms with Crippen molar-refractivity contribution < 1.29 is 4.79 Å². The Bertz CT molecular complexity index is 684. The second-order valence-electron chi connectivity index (χ2n) is 6.75. The molecule has 4 heteroatoms. The Morgan fingerprint density at radius 2 is 1.92 bits per heavy atom. The van der Waals surface area contributed by atoms with E-state index in [-0.39, 0.29) is 5.91 Å². The van der Waals surface area contributed by atoms with E-state index in [1.807, 2.05) is 0 Å². The molecule has 1 aliphatic heterocycles. The Morgan fingerprint density at radius 3 is 2.62 bits per heavy atom. The molecule has 0 radical (unpaired) electrons. The van der Waals surface area contributed by atoms with Crippen molar-refractivity contribution in [1.29, 1.82) is 0 Å². The van der Waals surface area contributed by atoms with Crippen molar-refractivity contribution in [2.75, 3.05) is 20.1 Å². The summed E-state index contributed by atoms with van der Waals surface area (Å²) in [5.74, 6) is 0.700. The maximum Gasteiger partial charge on any atom is 0.220 e. The summed E-state index contributed by atoms with van der Waals surface area (Å²) in [5.41, 5.74) is 3.88. The van der Waals surface area contributed by atoms with Gasteiger partial charge in [0.15, 0.2) is 0 Å². The molecule has 1 aromatic heterocycles. The molecule has 0 bridgehead atoms. The first-order valence-corrected chi connectivity index (χ1v) is 8.82. The third-order valence-corrected chi connectivity index (χ3v) is 5.05. The first kappa shape index (κ1) is 16.8. The predicted octanol–water partition coefficient (Wildman–Crippen LogP) is 3.13. The van der Waals surface area contributed by atoms with Crippen molar-refractivity contribution in [3.63, 3.8) is 0 Å². The summed E-state index contributed by atoms with van der Waals surface area (Å²) in [6, 6.07) is 12.8. The number of aromatic nitrogens is 1. The number of hydrogen-bond acceptors (Lipinski definition) is 2. The minimum absolute atomic E-state index is 0.168. The van der Waals surface area contributed by atoms with Crippen LogP contribution in [0.1, 0.15) is 30.5 Å². The average molecular weight is 325 g/mol. The van der Waals surface area contributed by atoms with Crippen molar-refractivity contribution in [2.45, 2.75) is 32.7 Å². The molecule has 128 valence electrons. The van der Waals surface area contributed by atoms with Gasteiger partial charge in [-0.1, -0.05) is 18.2 Å². The van der Waals surface area contributed by atoms with Gasteiger partial charge in [0.2, 0.25) is 5.91 Å². The highest BCUT2D eigenvalue weighted by Gasteiger charge is 2.22. The van der Waals surface area contributed by atoms with E-state index in [1.165, 1.54) is 16.9 Å². The first-order valence-electron chi connectivity index (χ1n) is 8.82. The fraction of sp³-hybridized carbons (Fsp3) is 0.450. The Hall–Kier alpha value is -2.07. The van der Waals surface area contributed by atoms with E-state index in [0.717, 1.165) is 32.5 Å². The van der Waals surface area contributed by atoms with Crippen LogP contribution in [0.5, 0.6) is 0 Å². The van der Waals surface area contributed by atoms with E-state index in [9.17, 15) is 4.79 Å². The molecule has 1 aliphatic rings. The molecule has 2 heterocycles. The Balaban J connectivity index is 1.62. The Kier molecular flexibility index (Phi) is 5.36. The Morgan fingerprint density at radius 1 is 1.17 bits per heavy atom. The quantitative estimate of drug-likeness (QED) is 0.917. The lowest BCUT2D eigenvalue weighted by Crippen LogP contribution is -2.35. The average Bonchev–Trinajstić information content (AvgIpc) is 3.05. The molecule has 0 saturated carbocycles. The van der Waals surface area contributed by atoms with Crippen molar-refractivity contribution in [1.82, 2.24) is 14.8 Å². The molecular weight excluding hydrogens is 298 g/mol. The predicted molar refractivity (Wildman–Crippen MR) is 97.2 cm³/mol. The third kappa shape index (κ3) is 3.88. The van der Waals surface area contributed by atoms with E-state index >= 15 is 0 Å². The smallest absolute Gasteiger partial charge is 0.220 e. The van der Waals surface area contributed by atoms with Crippen LogP contribution in [-0.2, 0) is 11.3 Å². The van der Waals surface area contributed by atoms with Gasteiger partial charge >= 0.3 is 0 Å². The van der Waals surface area contributed by atoms with Gasteiger partial charge in [-0.2, -0.15) is 0 Å². The number of nitrogens with one attached hydrogen (secondary N) is 1. The molecule has 0 unspecified atom stereocenters. The molecule has 0 aliphatic carbocycles. The molecule has 24 heavy (non-hydrogen) atoms. The van der Waals surface area contributed by atoms with E-state index in [2.05, 4.69) is 64.3 Å². The number of carbonyl (C=O) groups excluding carboxylic acids is 1. The second kappa shape index (κ2) is 7.67. The van der Waals surface area contributed by atoms with Crippen molar-refractivity contribution >= 4 is 5.91 Å². The lowest BCUT2D eigenvalue weighted by Gasteiger charge is -2.31. The van der Waals surface area contributed by atoms with Gasteiger partial charge in [-0.25, -0.2) is 0 Å². The summed E-state index contributed by atoms with van der Waals surface area (Å²) >= 11 is 0. The van der Waals surface area contributed by atoms with Gasteiger partial charge in [0.1, 0.15) is 0 Å². The third-order valence-electron chi connectivity index (χ3n) is 5.05. The molecule has 3 rings (SSSR count). The first-order chi connectivity index (χ1) is 11.7. The number of aryl methyl sites for hydroxylation is 1. The number of amides is 1. The number of carbonyl (C=O) groups is 1. The van der Waals surface area contributed by atoms with Gasteiger partial charge in [0.25, 0.3) is 0 Å². The molecule has 1 amide bonds. The van der Waals surface area contributed by atoms with E-state index < -0.39 is 0 Å². The molecule has 0 atom stereocenters. The molecular formula is C20H27N3O. The van der Waals surface area contributed by atoms with Crippen LogP contribution in [0.25, 0.3) is 5.69 Å². The van der Waals surface area contributed by atoms with Crippen molar-refractivity contribution in [3.8, 4) is 5.69 Å². The zero-order valence-corrected chi connectivity index (χ0v) is 14.7. The van der Waals surface area contributed by atoms with Crippen LogP contribution in [0.15, 0.2) is 42.6 Å². The standard InChI is InChI=1S/C20H27N3O/c1-16-6-3-4-8-19(16)23-11-5-7-18(23)15-22-12-9-17(10-13-22)14-20(24)21-2/h3-8,11,17H,9-10,12-15H2,1-2H3,(H,21,24). The number of benzene rings is 1. The van der Waals surface area contributed by atoms with Gasteiger partial charge in [-0.3, -0.25) is 9.69 Å². The van der Waals surface area contributed by atoms with Crippen LogP contribution < -0.4 is 5.32 Å².